The number of nitrogens with zero attached hydrogens (tertiary/aromatic N) is 2. The maximum atomic E-state index is 12.0. The van der Waals surface area contributed by atoms with E-state index in [2.05, 4.69) is 5.32 Å². The van der Waals surface area contributed by atoms with Crippen LogP contribution in [0.5, 0.6) is 0 Å². The summed E-state index contributed by atoms with van der Waals surface area (Å²) in [7, 11) is 1.50. The average molecular weight is 291 g/mol. The Bertz CT molecular complexity index is 546. The molecule has 7 nitrogen and oxygen atoms in total. The molecule has 1 aliphatic rings. The molecule has 112 valence electrons. The molecule has 21 heavy (non-hydrogen) atoms. The van der Waals surface area contributed by atoms with E-state index >= 15 is 0 Å². The predicted octanol–water partition coefficient (Wildman–Crippen LogP) is -0.270. The Hall–Kier alpha value is -2.41. The number of rotatable bonds is 5. The normalized spacial score (nSPS) is 16.3. The molecule has 4 amide bonds. The molecule has 0 spiro atoms. The first-order valence-corrected chi connectivity index (χ1v) is 6.53. The van der Waals surface area contributed by atoms with Gasteiger partial charge in [0.1, 0.15) is 13.1 Å². The topological polar surface area (TPSA) is 90.0 Å². The summed E-state index contributed by atoms with van der Waals surface area (Å²) in [5.41, 5.74) is 0.754. The lowest BCUT2D eigenvalue weighted by Gasteiger charge is -2.19. The molecule has 1 fully saturated rings. The van der Waals surface area contributed by atoms with Crippen LogP contribution in [0.4, 0.5) is 4.79 Å². The van der Waals surface area contributed by atoms with Crippen LogP contribution >= 0.6 is 0 Å². The first-order chi connectivity index (χ1) is 10.0. The van der Waals surface area contributed by atoms with E-state index in [1.54, 1.807) is 24.3 Å². The molecule has 0 radical (unpaired) electrons. The second-order valence-corrected chi connectivity index (χ2v) is 4.83. The molecule has 0 unspecified atom stereocenters. The molecule has 1 aromatic rings. The fraction of sp³-hybridized carbons (Fsp3) is 0.357. The number of aliphatic hydroxyl groups is 1. The monoisotopic (exact) mass is 291 g/mol. The number of amides is 4. The predicted molar refractivity (Wildman–Crippen MR) is 74.2 cm³/mol. The zero-order valence-corrected chi connectivity index (χ0v) is 11.7. The van der Waals surface area contributed by atoms with Crippen molar-refractivity contribution in [2.24, 2.45) is 0 Å². The molecule has 1 heterocycles. The summed E-state index contributed by atoms with van der Waals surface area (Å²) < 4.78 is 0. The standard InChI is InChI=1S/C14H17N3O4/c1-16-8-13(20)17(14(16)21)7-12(19)15-11(9-18)10-5-3-2-4-6-10/h2-6,11,18H,7-9H2,1H3,(H,15,19)/t11-/m1/s1. The Balaban J connectivity index is 1.98. The Labute approximate surface area is 122 Å². The summed E-state index contributed by atoms with van der Waals surface area (Å²) in [6.07, 6.45) is 0. The van der Waals surface area contributed by atoms with Crippen molar-refractivity contribution in [2.75, 3.05) is 26.7 Å². The summed E-state index contributed by atoms with van der Waals surface area (Å²) in [6, 6.07) is 7.93. The minimum atomic E-state index is -0.566. The Morgan fingerprint density at radius 2 is 2.00 bits per heavy atom. The average Bonchev–Trinajstić information content (AvgIpc) is 2.72. The van der Waals surface area contributed by atoms with Gasteiger partial charge in [0.15, 0.2) is 0 Å². The summed E-state index contributed by atoms with van der Waals surface area (Å²) in [6.45, 7) is -0.628. The van der Waals surface area contributed by atoms with Gasteiger partial charge in [0.05, 0.1) is 12.6 Å². The first-order valence-electron chi connectivity index (χ1n) is 6.53. The summed E-state index contributed by atoms with van der Waals surface area (Å²) >= 11 is 0. The molecule has 1 aliphatic heterocycles. The van der Waals surface area contributed by atoms with Crippen molar-refractivity contribution >= 4 is 17.8 Å². The van der Waals surface area contributed by atoms with Gasteiger partial charge >= 0.3 is 6.03 Å². The number of benzene rings is 1. The van der Waals surface area contributed by atoms with Crippen LogP contribution in [-0.4, -0.2) is 59.5 Å². The second-order valence-electron chi connectivity index (χ2n) is 4.83. The summed E-state index contributed by atoms with van der Waals surface area (Å²) in [4.78, 5) is 37.4. The molecular formula is C14H17N3O4. The minimum absolute atomic E-state index is 0.0196. The lowest BCUT2D eigenvalue weighted by Crippen LogP contribution is -2.42. The highest BCUT2D eigenvalue weighted by atomic mass is 16.3. The van der Waals surface area contributed by atoms with E-state index in [4.69, 9.17) is 0 Å². The van der Waals surface area contributed by atoms with Crippen LogP contribution < -0.4 is 5.32 Å². The largest absolute Gasteiger partial charge is 0.394 e. The SMILES string of the molecule is CN1CC(=O)N(CC(=O)N[C@H](CO)c2ccccc2)C1=O. The number of likely N-dealkylation sites (N-methyl/N-ethyl adjacent to an activating group) is 1. The van der Waals surface area contributed by atoms with Crippen molar-refractivity contribution in [3.63, 3.8) is 0 Å². The van der Waals surface area contributed by atoms with Crippen molar-refractivity contribution in [3.8, 4) is 0 Å². The van der Waals surface area contributed by atoms with Gasteiger partial charge in [0.2, 0.25) is 5.91 Å². The number of urea groups is 1. The van der Waals surface area contributed by atoms with Crippen LogP contribution in [0.15, 0.2) is 30.3 Å². The number of nitrogens with one attached hydrogen (secondary N) is 1. The zero-order chi connectivity index (χ0) is 15.4. The van der Waals surface area contributed by atoms with Crippen LogP contribution in [0.2, 0.25) is 0 Å². The van der Waals surface area contributed by atoms with E-state index in [9.17, 15) is 19.5 Å². The fourth-order valence-corrected chi connectivity index (χ4v) is 2.13. The first kappa shape index (κ1) is 15.0. The highest BCUT2D eigenvalue weighted by molar-refractivity contribution is 6.04. The van der Waals surface area contributed by atoms with Crippen LogP contribution in [-0.2, 0) is 9.59 Å². The van der Waals surface area contributed by atoms with Gasteiger partial charge in [-0.05, 0) is 5.56 Å². The quantitative estimate of drug-likeness (QED) is 0.731. The van der Waals surface area contributed by atoms with Crippen molar-refractivity contribution < 1.29 is 19.5 Å². The highest BCUT2D eigenvalue weighted by Gasteiger charge is 2.35. The fourth-order valence-electron chi connectivity index (χ4n) is 2.13. The second kappa shape index (κ2) is 6.36. The van der Waals surface area contributed by atoms with Crippen LogP contribution in [0.3, 0.4) is 0 Å². The third-order valence-corrected chi connectivity index (χ3v) is 3.25. The molecule has 0 aliphatic carbocycles. The van der Waals surface area contributed by atoms with Gasteiger partial charge in [-0.25, -0.2) is 4.79 Å². The van der Waals surface area contributed by atoms with Gasteiger partial charge in [-0.1, -0.05) is 30.3 Å². The smallest absolute Gasteiger partial charge is 0.327 e. The Kier molecular flexibility index (Phi) is 4.54. The molecule has 0 saturated carbocycles. The van der Waals surface area contributed by atoms with Gasteiger partial charge in [-0.3, -0.25) is 14.5 Å². The third kappa shape index (κ3) is 3.38. The van der Waals surface area contributed by atoms with Gasteiger partial charge in [-0.2, -0.15) is 0 Å². The number of hydrogen-bond acceptors (Lipinski definition) is 4. The third-order valence-electron chi connectivity index (χ3n) is 3.25. The van der Waals surface area contributed by atoms with Crippen LogP contribution in [0, 0.1) is 0 Å². The van der Waals surface area contributed by atoms with Crippen molar-refractivity contribution in [2.45, 2.75) is 6.04 Å². The lowest BCUT2D eigenvalue weighted by atomic mass is 10.1. The Morgan fingerprint density at radius 3 is 2.52 bits per heavy atom. The minimum Gasteiger partial charge on any atom is -0.394 e. The summed E-state index contributed by atoms with van der Waals surface area (Å²) in [5, 5.41) is 12.0. The highest BCUT2D eigenvalue weighted by Crippen LogP contribution is 2.12. The number of carbonyl (C=O) groups excluding carboxylic acids is 3. The van der Waals surface area contributed by atoms with E-state index in [1.165, 1.54) is 11.9 Å². The maximum Gasteiger partial charge on any atom is 0.327 e. The van der Waals surface area contributed by atoms with E-state index < -0.39 is 23.9 Å². The van der Waals surface area contributed by atoms with Gasteiger partial charge in [0.25, 0.3) is 5.91 Å². The molecule has 1 atom stereocenters. The molecule has 0 bridgehead atoms. The molecular weight excluding hydrogens is 274 g/mol. The van der Waals surface area contributed by atoms with E-state index in [1.807, 2.05) is 6.07 Å². The molecule has 2 N–H and O–H groups in total. The lowest BCUT2D eigenvalue weighted by molar-refractivity contribution is -0.131. The molecule has 1 saturated heterocycles. The maximum absolute atomic E-state index is 12.0. The van der Waals surface area contributed by atoms with Gasteiger partial charge < -0.3 is 15.3 Å². The van der Waals surface area contributed by atoms with Crippen molar-refractivity contribution in [1.82, 2.24) is 15.1 Å². The van der Waals surface area contributed by atoms with Crippen LogP contribution in [0.1, 0.15) is 11.6 Å². The summed E-state index contributed by atoms with van der Waals surface area (Å²) in [5.74, 6) is -0.896. The van der Waals surface area contributed by atoms with Crippen molar-refractivity contribution in [3.05, 3.63) is 35.9 Å². The molecule has 0 aromatic heterocycles. The zero-order valence-electron chi connectivity index (χ0n) is 11.7. The van der Waals surface area contributed by atoms with Gasteiger partial charge in [0, 0.05) is 7.05 Å². The van der Waals surface area contributed by atoms with E-state index in [0.717, 1.165) is 10.5 Å². The molecule has 1 aromatic carbocycles. The molecule has 7 heteroatoms. The number of hydrogen-bond donors (Lipinski definition) is 2. The number of aliphatic hydroxyl groups excluding tert-OH is 1. The van der Waals surface area contributed by atoms with E-state index in [0.29, 0.717) is 0 Å². The molecule has 2 rings (SSSR count). The number of carbonyl (C=O) groups is 3. The van der Waals surface area contributed by atoms with E-state index in [-0.39, 0.29) is 19.7 Å². The van der Waals surface area contributed by atoms with Crippen molar-refractivity contribution in [1.29, 1.82) is 0 Å². The number of imide groups is 1. The van der Waals surface area contributed by atoms with Crippen LogP contribution in [0.25, 0.3) is 0 Å². The van der Waals surface area contributed by atoms with Gasteiger partial charge in [-0.15, -0.1) is 0 Å². The Morgan fingerprint density at radius 1 is 1.33 bits per heavy atom.